The number of nitrogens with one attached hydrogen (secondary N) is 1. The smallest absolute Gasteiger partial charge is 0.196 e. The molecule has 0 amide bonds. The molecule has 5 aromatic rings. The van der Waals surface area contributed by atoms with Crippen molar-refractivity contribution in [2.45, 2.75) is 26.8 Å². The molecule has 0 spiro atoms. The molecule has 2 heterocycles. The van der Waals surface area contributed by atoms with Crippen molar-refractivity contribution in [3.63, 3.8) is 0 Å². The van der Waals surface area contributed by atoms with Crippen LogP contribution in [0.2, 0.25) is 0 Å². The fourth-order valence-corrected chi connectivity index (χ4v) is 4.47. The Morgan fingerprint density at radius 3 is 2.71 bits per heavy atom. The Morgan fingerprint density at radius 1 is 1.12 bits per heavy atom. The zero-order chi connectivity index (χ0) is 24.0. The number of aromatic nitrogens is 2. The highest BCUT2D eigenvalue weighted by Gasteiger charge is 2.20. The lowest BCUT2D eigenvalue weighted by atomic mass is 9.98. The SMILES string of the molecule is Cc1cc([C@@H](C)Nc2ccccc2C#N)c2oc(-c3ccc4nn(C)cc4c3)c(C)c(=O)c2c1. The Labute approximate surface area is 197 Å². The van der Waals surface area contributed by atoms with E-state index in [1.807, 2.05) is 75.6 Å². The molecule has 0 unspecified atom stereocenters. The highest BCUT2D eigenvalue weighted by Crippen LogP contribution is 2.33. The predicted molar refractivity (Wildman–Crippen MR) is 135 cm³/mol. The first kappa shape index (κ1) is 21.5. The molecule has 1 atom stereocenters. The third-order valence-corrected chi connectivity index (χ3v) is 6.16. The van der Waals surface area contributed by atoms with E-state index in [4.69, 9.17) is 4.42 Å². The summed E-state index contributed by atoms with van der Waals surface area (Å²) in [6.45, 7) is 5.78. The second-order valence-corrected chi connectivity index (χ2v) is 8.72. The number of anilines is 1. The maximum absolute atomic E-state index is 13.4. The maximum atomic E-state index is 13.4. The standard InChI is InChI=1S/C28H24N4O2/c1-16-11-22(18(3)30-24-8-6-5-7-20(24)14-29)28-23(12-16)26(33)17(2)27(34-28)19-9-10-25-21(13-19)15-32(4)31-25/h5-13,15,18,30H,1-4H3/t18-/m1/s1. The van der Waals surface area contributed by atoms with Gasteiger partial charge in [0.2, 0.25) is 0 Å². The molecule has 0 radical (unpaired) electrons. The number of nitrogens with zero attached hydrogens (tertiary/aromatic N) is 3. The molecule has 6 heteroatoms. The summed E-state index contributed by atoms with van der Waals surface area (Å²) in [5, 5.41) is 18.9. The van der Waals surface area contributed by atoms with Gasteiger partial charge in [-0.1, -0.05) is 18.2 Å². The second kappa shape index (κ2) is 8.20. The summed E-state index contributed by atoms with van der Waals surface area (Å²) in [5.41, 5.74) is 5.94. The molecule has 168 valence electrons. The average molecular weight is 449 g/mol. The van der Waals surface area contributed by atoms with Crippen molar-refractivity contribution in [3.8, 4) is 17.4 Å². The van der Waals surface area contributed by atoms with Crippen molar-refractivity contribution in [1.29, 1.82) is 5.26 Å². The molecule has 0 bridgehead atoms. The molecule has 0 saturated carbocycles. The monoisotopic (exact) mass is 448 g/mol. The lowest BCUT2D eigenvalue weighted by Crippen LogP contribution is -2.13. The number of nitriles is 1. The molecule has 5 rings (SSSR count). The molecular formula is C28H24N4O2. The van der Waals surface area contributed by atoms with Crippen LogP contribution in [-0.4, -0.2) is 9.78 Å². The van der Waals surface area contributed by atoms with Crippen LogP contribution in [0.4, 0.5) is 5.69 Å². The Morgan fingerprint density at radius 2 is 1.91 bits per heavy atom. The van der Waals surface area contributed by atoms with E-state index in [-0.39, 0.29) is 11.5 Å². The van der Waals surface area contributed by atoms with E-state index in [2.05, 4.69) is 16.5 Å². The first-order valence-electron chi connectivity index (χ1n) is 11.1. The largest absolute Gasteiger partial charge is 0.455 e. The number of hydrogen-bond donors (Lipinski definition) is 1. The minimum Gasteiger partial charge on any atom is -0.455 e. The van der Waals surface area contributed by atoms with Crippen LogP contribution in [0.5, 0.6) is 0 Å². The number of fused-ring (bicyclic) bond motifs is 2. The van der Waals surface area contributed by atoms with Crippen LogP contribution in [0.3, 0.4) is 0 Å². The quantitative estimate of drug-likeness (QED) is 0.364. The molecule has 0 aliphatic rings. The molecule has 2 aromatic heterocycles. The zero-order valence-corrected chi connectivity index (χ0v) is 19.5. The van der Waals surface area contributed by atoms with E-state index in [9.17, 15) is 10.1 Å². The summed E-state index contributed by atoms with van der Waals surface area (Å²) in [4.78, 5) is 13.4. The highest BCUT2D eigenvalue weighted by atomic mass is 16.3. The van der Waals surface area contributed by atoms with Gasteiger partial charge in [0.15, 0.2) is 5.43 Å². The van der Waals surface area contributed by atoms with Crippen LogP contribution in [-0.2, 0) is 7.05 Å². The molecule has 34 heavy (non-hydrogen) atoms. The Bertz CT molecular complexity index is 1670. The van der Waals surface area contributed by atoms with E-state index in [1.54, 1.807) is 17.7 Å². The molecular weight excluding hydrogens is 424 g/mol. The third-order valence-electron chi connectivity index (χ3n) is 6.16. The van der Waals surface area contributed by atoms with Gasteiger partial charge in [0.25, 0.3) is 0 Å². The van der Waals surface area contributed by atoms with Crippen LogP contribution in [0.1, 0.15) is 35.2 Å². The molecule has 3 aromatic carbocycles. The number of rotatable bonds is 4. The van der Waals surface area contributed by atoms with Gasteiger partial charge in [0.05, 0.1) is 28.2 Å². The molecule has 0 saturated heterocycles. The van der Waals surface area contributed by atoms with Crippen molar-refractivity contribution in [2.75, 3.05) is 5.32 Å². The van der Waals surface area contributed by atoms with Crippen LogP contribution in [0, 0.1) is 25.2 Å². The highest BCUT2D eigenvalue weighted by molar-refractivity contribution is 5.87. The van der Waals surface area contributed by atoms with Crippen molar-refractivity contribution < 1.29 is 4.42 Å². The average Bonchev–Trinajstić information content (AvgIpc) is 3.20. The lowest BCUT2D eigenvalue weighted by Gasteiger charge is -2.19. The van der Waals surface area contributed by atoms with Crippen LogP contribution in [0.15, 0.2) is 70.0 Å². The Hall–Kier alpha value is -4.37. The minimum absolute atomic E-state index is 0.0443. The summed E-state index contributed by atoms with van der Waals surface area (Å²) < 4.78 is 8.25. The fraction of sp³-hybridized carbons (Fsp3) is 0.179. The van der Waals surface area contributed by atoms with Gasteiger partial charge in [-0.15, -0.1) is 0 Å². The first-order chi connectivity index (χ1) is 16.4. The van der Waals surface area contributed by atoms with Gasteiger partial charge in [0, 0.05) is 35.3 Å². The fourth-order valence-electron chi connectivity index (χ4n) is 4.47. The summed E-state index contributed by atoms with van der Waals surface area (Å²) in [6.07, 6.45) is 1.95. The molecule has 0 aliphatic carbocycles. The van der Waals surface area contributed by atoms with Gasteiger partial charge in [-0.2, -0.15) is 10.4 Å². The maximum Gasteiger partial charge on any atom is 0.196 e. The lowest BCUT2D eigenvalue weighted by molar-refractivity contribution is 0.606. The Kier molecular flexibility index (Phi) is 5.18. The summed E-state index contributed by atoms with van der Waals surface area (Å²) in [6, 6.07) is 19.2. The van der Waals surface area contributed by atoms with Crippen molar-refractivity contribution in [2.24, 2.45) is 7.05 Å². The van der Waals surface area contributed by atoms with E-state index < -0.39 is 0 Å². The normalized spacial score (nSPS) is 12.1. The first-order valence-corrected chi connectivity index (χ1v) is 11.1. The van der Waals surface area contributed by atoms with Crippen molar-refractivity contribution in [3.05, 3.63) is 93.3 Å². The van der Waals surface area contributed by atoms with Crippen molar-refractivity contribution in [1.82, 2.24) is 9.78 Å². The van der Waals surface area contributed by atoms with E-state index >= 15 is 0 Å². The van der Waals surface area contributed by atoms with Crippen LogP contribution < -0.4 is 10.7 Å². The van der Waals surface area contributed by atoms with Gasteiger partial charge in [-0.3, -0.25) is 9.48 Å². The number of hydrogen-bond acceptors (Lipinski definition) is 5. The van der Waals surface area contributed by atoms with Gasteiger partial charge in [0.1, 0.15) is 17.4 Å². The van der Waals surface area contributed by atoms with E-state index in [0.29, 0.717) is 27.9 Å². The zero-order valence-electron chi connectivity index (χ0n) is 19.5. The summed E-state index contributed by atoms with van der Waals surface area (Å²) in [5.74, 6) is 0.554. The van der Waals surface area contributed by atoms with Gasteiger partial charge in [-0.05, 0) is 62.7 Å². The van der Waals surface area contributed by atoms with E-state index in [0.717, 1.165) is 33.3 Å². The van der Waals surface area contributed by atoms with Crippen LogP contribution in [0.25, 0.3) is 33.2 Å². The summed E-state index contributed by atoms with van der Waals surface area (Å²) in [7, 11) is 1.88. The van der Waals surface area contributed by atoms with Crippen molar-refractivity contribution >= 4 is 27.6 Å². The molecule has 1 N–H and O–H groups in total. The second-order valence-electron chi connectivity index (χ2n) is 8.72. The number of benzene rings is 3. The predicted octanol–water partition coefficient (Wildman–Crippen LogP) is 6.01. The molecule has 6 nitrogen and oxygen atoms in total. The number of aryl methyl sites for hydroxylation is 2. The van der Waals surface area contributed by atoms with E-state index in [1.165, 1.54) is 0 Å². The number of para-hydroxylation sites is 1. The Balaban J connectivity index is 1.69. The summed E-state index contributed by atoms with van der Waals surface area (Å²) >= 11 is 0. The van der Waals surface area contributed by atoms with Gasteiger partial charge in [-0.25, -0.2) is 0 Å². The van der Waals surface area contributed by atoms with Gasteiger partial charge >= 0.3 is 0 Å². The molecule has 0 aliphatic heterocycles. The minimum atomic E-state index is -0.198. The molecule has 0 fully saturated rings. The third kappa shape index (κ3) is 3.61. The van der Waals surface area contributed by atoms with Gasteiger partial charge < -0.3 is 9.73 Å². The topological polar surface area (TPSA) is 83.8 Å². The van der Waals surface area contributed by atoms with Crippen LogP contribution >= 0.6 is 0 Å².